The van der Waals surface area contributed by atoms with Gasteiger partial charge in [-0.2, -0.15) is 8.42 Å². The predicted molar refractivity (Wildman–Crippen MR) is 312 cm³/mol. The Morgan fingerprint density at radius 3 is 1.59 bits per heavy atom. The molecule has 2 aromatic rings. The lowest BCUT2D eigenvalue weighted by Crippen LogP contribution is -2.36. The molecular weight excluding hydrogens is 1080 g/mol. The van der Waals surface area contributed by atoms with Crippen LogP contribution in [0.25, 0.3) is 28.7 Å². The summed E-state index contributed by atoms with van der Waals surface area (Å²) in [5, 5.41) is 10.2. The van der Waals surface area contributed by atoms with E-state index in [0.717, 1.165) is 56.7 Å². The number of hydrogen-bond donors (Lipinski definition) is 2. The largest absolute Gasteiger partial charge is 0.481 e. The van der Waals surface area contributed by atoms with Crippen molar-refractivity contribution in [3.63, 3.8) is 0 Å². The molecule has 0 bridgehead atoms. The molecule has 0 radical (unpaired) electrons. The molecule has 2 heterocycles. The van der Waals surface area contributed by atoms with E-state index in [4.69, 9.17) is 61.3 Å². The van der Waals surface area contributed by atoms with Gasteiger partial charge < -0.3 is 71.3 Å². The Morgan fingerprint density at radius 2 is 1.11 bits per heavy atom. The van der Waals surface area contributed by atoms with Crippen LogP contribution in [0.5, 0.6) is 0 Å². The number of nitrogens with zero attached hydrogens (tertiary/aromatic N) is 2. The van der Waals surface area contributed by atoms with Crippen LogP contribution in [0.4, 0.5) is 5.69 Å². The van der Waals surface area contributed by atoms with Crippen LogP contribution in [-0.2, 0) is 77.2 Å². The zero-order valence-electron chi connectivity index (χ0n) is 48.8. The third kappa shape index (κ3) is 24.0. The molecule has 0 atom stereocenters. The van der Waals surface area contributed by atoms with Crippen LogP contribution in [0.3, 0.4) is 0 Å². The van der Waals surface area contributed by atoms with E-state index < -0.39 is 21.5 Å². The van der Waals surface area contributed by atoms with E-state index in [0.29, 0.717) is 184 Å². The van der Waals surface area contributed by atoms with Crippen molar-refractivity contribution in [2.75, 3.05) is 184 Å². The molecule has 2 aromatic carbocycles. The van der Waals surface area contributed by atoms with Crippen LogP contribution in [-0.4, -0.2) is 203 Å². The third-order valence-electron chi connectivity index (χ3n) is 13.4. The lowest BCUT2D eigenvalue weighted by molar-refractivity contribution is -0.137. The minimum Gasteiger partial charge on any atom is -0.481 e. The number of methoxy groups -OCH3 is 2. The van der Waals surface area contributed by atoms with Crippen molar-refractivity contribution in [2.45, 2.75) is 56.8 Å². The molecule has 0 aromatic heterocycles. The molecule has 0 amide bonds. The Bertz CT molecular complexity index is 2620. The number of allylic oxidation sites excluding steroid dienone is 3. The fourth-order valence-corrected chi connectivity index (χ4v) is 9.59. The second-order valence-electron chi connectivity index (χ2n) is 19.7. The molecule has 21 heteroatoms. The van der Waals surface area contributed by atoms with Crippen LogP contribution >= 0.6 is 0 Å². The first-order valence-corrected chi connectivity index (χ1v) is 29.8. The first kappa shape index (κ1) is 67.8. The minimum atomic E-state index is -4.45. The smallest absolute Gasteiger partial charge is 0.303 e. The Hall–Kier alpha value is -4.95. The van der Waals surface area contributed by atoms with Gasteiger partial charge in [0.1, 0.15) is 24.7 Å². The quantitative estimate of drug-likeness (QED) is 0.0254. The van der Waals surface area contributed by atoms with Gasteiger partial charge in [0.25, 0.3) is 10.1 Å². The summed E-state index contributed by atoms with van der Waals surface area (Å²) >= 11 is 0. The predicted octanol–water partition coefficient (Wildman–Crippen LogP) is 7.18. The molecule has 20 nitrogen and oxygen atoms in total. The Labute approximate surface area is 484 Å². The Balaban J connectivity index is 1.30. The lowest BCUT2D eigenvalue weighted by Gasteiger charge is -2.27. The van der Waals surface area contributed by atoms with E-state index in [2.05, 4.69) is 46.8 Å². The maximum atomic E-state index is 12.3. The molecule has 5 rings (SSSR count). The number of benzene rings is 3. The first-order valence-electron chi connectivity index (χ1n) is 28.3. The van der Waals surface area contributed by atoms with Crippen molar-refractivity contribution in [1.82, 2.24) is 4.58 Å². The molecule has 0 spiro atoms. The topological polar surface area (TPSA) is 222 Å². The molecule has 2 aliphatic heterocycles. The van der Waals surface area contributed by atoms with Crippen LogP contribution in [0.1, 0.15) is 56.2 Å². The van der Waals surface area contributed by atoms with Crippen LogP contribution in [0.15, 0.2) is 93.9 Å². The summed E-state index contributed by atoms with van der Waals surface area (Å²) in [5.41, 5.74) is 5.61. The van der Waals surface area contributed by atoms with Crippen molar-refractivity contribution in [3.8, 4) is 22.6 Å². The molecule has 0 fully saturated rings. The summed E-state index contributed by atoms with van der Waals surface area (Å²) in [6.45, 7) is 18.2. The number of aliphatic carboxylic acids is 1. The first-order chi connectivity index (χ1) is 39.9. The van der Waals surface area contributed by atoms with Crippen molar-refractivity contribution < 1.29 is 84.1 Å². The molecule has 0 saturated carbocycles. The summed E-state index contributed by atoms with van der Waals surface area (Å²) in [6, 6.07) is 20.9. The summed E-state index contributed by atoms with van der Waals surface area (Å²) < 4.78 is 110. The molecular formula is C61H89N2O18S+. The monoisotopic (exact) mass is 1170 g/mol. The molecule has 2 N–H and O–H groups in total. The highest BCUT2D eigenvalue weighted by Gasteiger charge is 2.40. The van der Waals surface area contributed by atoms with Crippen molar-refractivity contribution in [3.05, 3.63) is 107 Å². The van der Waals surface area contributed by atoms with Gasteiger partial charge in [-0.1, -0.05) is 62.8 Å². The highest BCUT2D eigenvalue weighted by atomic mass is 32.2. The standard InChI is InChI=1S/C61H88N2O18S/c1-49-53(15-12-16-58-61(2,3)55-48-52(82(66,67)68)19-21-56(55)63(58)22-11-7-10-17-59(64)65)54-20-18-51(47-57(54)81-60(49)50-13-8-6-9-14-50)62(23-25-71-31-33-75-39-41-79-45-43-77-37-35-73-29-27-69-4)24-26-72-32-34-76-40-42-80-46-44-78-38-36-74-30-28-70-5/h6,8-9,12-16,18-21,47-48H,7,10-11,17,22-46H2,1-5H3,(H-,64,65,66,67,68)/p+1. The number of carbonyl (C=O) groups is 1. The number of anilines is 1. The van der Waals surface area contributed by atoms with E-state index in [-0.39, 0.29) is 11.3 Å². The fourth-order valence-electron chi connectivity index (χ4n) is 9.09. The molecule has 0 unspecified atom stereocenters. The molecule has 0 saturated heterocycles. The number of rotatable bonds is 46. The number of ether oxygens (including phenoxy) is 12. The number of carboxylic acid groups (broad SMARTS) is 1. The van der Waals surface area contributed by atoms with Crippen molar-refractivity contribution >= 4 is 27.9 Å². The Kier molecular flexibility index (Phi) is 32.1. The van der Waals surface area contributed by atoms with Gasteiger partial charge in [-0.25, -0.2) is 4.58 Å². The van der Waals surface area contributed by atoms with Gasteiger partial charge in [0.05, 0.1) is 143 Å². The SMILES string of the molecule is COCCOCCOCCOCCOCCOCC[N+](CCOCCOCCOCCOCCOCCOC)=c1ccc2c(C=CC=C3N(CCCCCC(=O)O)c4ccc(S(=O)(=O)O)cc4C3(C)C)c(C)c(-c3ccccc3)oc-2c1. The highest BCUT2D eigenvalue weighted by Crippen LogP contribution is 2.49. The average molecular weight is 1170 g/mol. The van der Waals surface area contributed by atoms with E-state index in [9.17, 15) is 22.9 Å². The summed E-state index contributed by atoms with van der Waals surface area (Å²) in [4.78, 5) is 13.3. The van der Waals surface area contributed by atoms with E-state index in [1.807, 2.05) is 50.3 Å². The van der Waals surface area contributed by atoms with Crippen molar-refractivity contribution in [2.24, 2.45) is 0 Å². The average Bonchev–Trinajstić information content (AvgIpc) is 3.95. The summed E-state index contributed by atoms with van der Waals surface area (Å²) in [6.07, 6.45) is 8.22. The normalized spacial score (nSPS) is 13.8. The van der Waals surface area contributed by atoms with Gasteiger partial charge in [0, 0.05) is 66.7 Å². The third-order valence-corrected chi connectivity index (χ3v) is 14.3. The van der Waals surface area contributed by atoms with Gasteiger partial charge in [0.2, 0.25) is 5.36 Å². The number of carboxylic acids is 1. The minimum absolute atomic E-state index is 0.0921. The van der Waals surface area contributed by atoms with Gasteiger partial charge in [-0.3, -0.25) is 9.35 Å². The van der Waals surface area contributed by atoms with Gasteiger partial charge in [-0.15, -0.1) is 0 Å². The van der Waals surface area contributed by atoms with Gasteiger partial charge in [-0.05, 0) is 61.2 Å². The van der Waals surface area contributed by atoms with E-state index >= 15 is 0 Å². The number of hydrogen-bond acceptors (Lipinski definition) is 17. The maximum Gasteiger partial charge on any atom is 0.303 e. The molecule has 456 valence electrons. The lowest BCUT2D eigenvalue weighted by atomic mass is 9.83. The van der Waals surface area contributed by atoms with Crippen LogP contribution in [0.2, 0.25) is 0 Å². The highest BCUT2D eigenvalue weighted by molar-refractivity contribution is 7.85. The maximum absolute atomic E-state index is 12.3. The van der Waals surface area contributed by atoms with Crippen molar-refractivity contribution in [1.29, 1.82) is 0 Å². The van der Waals surface area contributed by atoms with Gasteiger partial charge in [0.15, 0.2) is 13.1 Å². The van der Waals surface area contributed by atoms with E-state index in [1.54, 1.807) is 26.4 Å². The van der Waals surface area contributed by atoms with E-state index in [1.165, 1.54) is 6.07 Å². The van der Waals surface area contributed by atoms with Crippen LogP contribution in [0, 0.1) is 6.92 Å². The second-order valence-corrected chi connectivity index (χ2v) is 21.1. The fraction of sp³-hybridized carbons (Fsp3) is 0.574. The molecule has 82 heavy (non-hydrogen) atoms. The second kappa shape index (κ2) is 38.8. The summed E-state index contributed by atoms with van der Waals surface area (Å²) in [7, 11) is -1.17. The van der Waals surface area contributed by atoms with Crippen LogP contribution < -0.4 is 14.8 Å². The molecule has 1 aliphatic carbocycles. The zero-order chi connectivity index (χ0) is 58.7. The van der Waals surface area contributed by atoms with Gasteiger partial charge >= 0.3 is 5.97 Å². The summed E-state index contributed by atoms with van der Waals surface area (Å²) in [5.74, 6) is 0.574. The Morgan fingerprint density at radius 1 is 0.622 bits per heavy atom. The number of fused-ring (bicyclic) bond motifs is 2. The zero-order valence-corrected chi connectivity index (χ0v) is 49.6. The molecule has 3 aliphatic rings. The number of unbranched alkanes of at least 4 members (excludes halogenated alkanes) is 2.